The molecule has 1 aromatic carbocycles. The minimum absolute atomic E-state index is 0.0226. The minimum atomic E-state index is -3.75. The van der Waals surface area contributed by atoms with Gasteiger partial charge in [0, 0.05) is 22.8 Å². The summed E-state index contributed by atoms with van der Waals surface area (Å²) in [6, 6.07) is 7.90. The highest BCUT2D eigenvalue weighted by Crippen LogP contribution is 2.29. The lowest BCUT2D eigenvalue weighted by molar-refractivity contribution is 0.432. The molecule has 0 bridgehead atoms. The molecule has 0 aliphatic rings. The van der Waals surface area contributed by atoms with Crippen molar-refractivity contribution in [1.29, 1.82) is 0 Å². The molecule has 0 saturated carbocycles. The number of nitrogens with one attached hydrogen (secondary N) is 1. The second kappa shape index (κ2) is 7.11. The average Bonchev–Trinajstić information content (AvgIpc) is 3.33. The lowest BCUT2D eigenvalue weighted by atomic mass is 10.2. The first-order valence-electron chi connectivity index (χ1n) is 8.00. The van der Waals surface area contributed by atoms with Crippen LogP contribution in [-0.2, 0) is 10.0 Å². The van der Waals surface area contributed by atoms with Crippen LogP contribution in [0.5, 0.6) is 0 Å². The highest BCUT2D eigenvalue weighted by molar-refractivity contribution is 7.89. The number of sulfonamides is 1. The van der Waals surface area contributed by atoms with Gasteiger partial charge in [-0.25, -0.2) is 23.5 Å². The molecule has 3 aromatic heterocycles. The molecule has 9 nitrogen and oxygen atoms in total. The van der Waals surface area contributed by atoms with E-state index in [0.29, 0.717) is 28.7 Å². The Labute approximate surface area is 164 Å². The summed E-state index contributed by atoms with van der Waals surface area (Å²) in [7, 11) is -3.75. The first-order valence-corrected chi connectivity index (χ1v) is 10.5. The molecule has 28 heavy (non-hydrogen) atoms. The van der Waals surface area contributed by atoms with Crippen LogP contribution in [0.15, 0.2) is 56.7 Å². The molecular formula is C17H14N6O3S2. The molecule has 4 aromatic rings. The molecule has 142 valence electrons. The topological polar surface area (TPSA) is 137 Å². The maximum Gasteiger partial charge on any atom is 0.263 e. The smallest absolute Gasteiger partial charge is 0.263 e. The van der Waals surface area contributed by atoms with E-state index >= 15 is 0 Å². The number of thiophene rings is 1. The normalized spacial score (nSPS) is 11.5. The van der Waals surface area contributed by atoms with Crippen molar-refractivity contribution in [2.45, 2.75) is 11.8 Å². The number of hydrogen-bond donors (Lipinski definition) is 2. The monoisotopic (exact) mass is 414 g/mol. The van der Waals surface area contributed by atoms with Crippen molar-refractivity contribution in [1.82, 2.24) is 20.1 Å². The van der Waals surface area contributed by atoms with Gasteiger partial charge in [-0.1, -0.05) is 5.16 Å². The number of nitrogens with two attached hydrogens (primary N) is 1. The van der Waals surface area contributed by atoms with E-state index in [2.05, 4.69) is 25.4 Å². The summed E-state index contributed by atoms with van der Waals surface area (Å²) >= 11 is 1.54. The number of primary sulfonamides is 1. The Bertz CT molecular complexity index is 1220. The zero-order valence-corrected chi connectivity index (χ0v) is 16.2. The van der Waals surface area contributed by atoms with Crippen LogP contribution in [0.25, 0.3) is 22.8 Å². The van der Waals surface area contributed by atoms with E-state index in [1.54, 1.807) is 25.3 Å². The van der Waals surface area contributed by atoms with Crippen LogP contribution in [0.4, 0.5) is 11.5 Å². The number of hydrogen-bond acceptors (Lipinski definition) is 9. The van der Waals surface area contributed by atoms with Gasteiger partial charge < -0.3 is 9.84 Å². The first kappa shape index (κ1) is 18.2. The lowest BCUT2D eigenvalue weighted by Crippen LogP contribution is -2.11. The van der Waals surface area contributed by atoms with Crippen molar-refractivity contribution in [2.75, 3.05) is 5.32 Å². The van der Waals surface area contributed by atoms with E-state index in [9.17, 15) is 8.42 Å². The summed E-state index contributed by atoms with van der Waals surface area (Å²) in [6.45, 7) is 1.75. The van der Waals surface area contributed by atoms with E-state index in [4.69, 9.17) is 9.66 Å². The molecule has 0 unspecified atom stereocenters. The molecule has 0 fully saturated rings. The zero-order valence-electron chi connectivity index (χ0n) is 14.5. The highest BCUT2D eigenvalue weighted by Gasteiger charge is 2.17. The fourth-order valence-electron chi connectivity index (χ4n) is 2.43. The Hall–Kier alpha value is -3.15. The predicted octanol–water partition coefficient (Wildman–Crippen LogP) is 2.95. The van der Waals surface area contributed by atoms with Crippen LogP contribution in [-0.4, -0.2) is 28.5 Å². The van der Waals surface area contributed by atoms with Crippen molar-refractivity contribution in [3.8, 4) is 22.8 Å². The van der Waals surface area contributed by atoms with E-state index in [1.807, 2.05) is 16.8 Å². The molecule has 11 heteroatoms. The molecule has 0 aliphatic heterocycles. The van der Waals surface area contributed by atoms with Crippen molar-refractivity contribution in [3.63, 3.8) is 0 Å². The Morgan fingerprint density at radius 1 is 1.14 bits per heavy atom. The van der Waals surface area contributed by atoms with Crippen LogP contribution in [0.1, 0.15) is 5.82 Å². The molecule has 0 aliphatic carbocycles. The van der Waals surface area contributed by atoms with Crippen LogP contribution < -0.4 is 10.5 Å². The Kier molecular flexibility index (Phi) is 4.63. The van der Waals surface area contributed by atoms with Gasteiger partial charge in [-0.15, -0.1) is 0 Å². The number of aryl methyl sites for hydroxylation is 1. The zero-order chi connectivity index (χ0) is 19.7. The van der Waals surface area contributed by atoms with Gasteiger partial charge in [0.15, 0.2) is 0 Å². The number of aromatic nitrogens is 4. The third-order valence-electron chi connectivity index (χ3n) is 3.79. The van der Waals surface area contributed by atoms with Crippen LogP contribution in [0, 0.1) is 6.92 Å². The van der Waals surface area contributed by atoms with Crippen LogP contribution >= 0.6 is 11.3 Å². The highest BCUT2D eigenvalue weighted by atomic mass is 32.2. The van der Waals surface area contributed by atoms with Gasteiger partial charge in [-0.2, -0.15) is 16.3 Å². The molecule has 3 N–H and O–H groups in total. The first-order chi connectivity index (χ1) is 13.4. The van der Waals surface area contributed by atoms with E-state index < -0.39 is 10.0 Å². The second-order valence-corrected chi connectivity index (χ2v) is 8.15. The third-order valence-corrected chi connectivity index (χ3v) is 5.40. The SMILES string of the molecule is Cc1ncc(-c2nc(-c3ccsc3)no2)c(Nc2ccc(S(N)(=O)=O)cc2)n1. The molecule has 4 rings (SSSR count). The quantitative estimate of drug-likeness (QED) is 0.508. The summed E-state index contributed by atoms with van der Waals surface area (Å²) in [5.74, 6) is 1.74. The Balaban J connectivity index is 1.68. The Morgan fingerprint density at radius 3 is 2.61 bits per heavy atom. The summed E-state index contributed by atoms with van der Waals surface area (Å²) in [4.78, 5) is 13.0. The summed E-state index contributed by atoms with van der Waals surface area (Å²) < 4.78 is 28.2. The summed E-state index contributed by atoms with van der Waals surface area (Å²) in [6.07, 6.45) is 1.59. The van der Waals surface area contributed by atoms with Gasteiger partial charge in [-0.3, -0.25) is 0 Å². The molecule has 0 saturated heterocycles. The standard InChI is InChI=1S/C17H14N6O3S2/c1-10-19-8-14(17-22-15(23-26-17)11-6-7-27-9-11)16(20-10)21-12-2-4-13(5-3-12)28(18,24)25/h2-9H,1H3,(H2,18,24,25)(H,19,20,21). The van der Waals surface area contributed by atoms with Crippen molar-refractivity contribution >= 4 is 32.9 Å². The lowest BCUT2D eigenvalue weighted by Gasteiger charge is -2.09. The van der Waals surface area contributed by atoms with Crippen LogP contribution in [0.2, 0.25) is 0 Å². The average molecular weight is 414 g/mol. The Morgan fingerprint density at radius 2 is 1.93 bits per heavy atom. The van der Waals surface area contributed by atoms with Gasteiger partial charge in [0.2, 0.25) is 15.8 Å². The molecule has 0 spiro atoms. The molecule has 0 amide bonds. The molecule has 0 atom stereocenters. The van der Waals surface area contributed by atoms with Gasteiger partial charge in [0.1, 0.15) is 17.2 Å². The fraction of sp³-hybridized carbons (Fsp3) is 0.0588. The second-order valence-electron chi connectivity index (χ2n) is 5.81. The van der Waals surface area contributed by atoms with Crippen molar-refractivity contribution < 1.29 is 12.9 Å². The maximum atomic E-state index is 11.4. The number of anilines is 2. The third kappa shape index (κ3) is 3.76. The largest absolute Gasteiger partial charge is 0.339 e. The molecular weight excluding hydrogens is 400 g/mol. The van der Waals surface area contributed by atoms with Gasteiger partial charge in [0.05, 0.1) is 4.90 Å². The van der Waals surface area contributed by atoms with Crippen molar-refractivity contribution in [2.24, 2.45) is 5.14 Å². The van der Waals surface area contributed by atoms with Gasteiger partial charge >= 0.3 is 0 Å². The van der Waals surface area contributed by atoms with E-state index in [0.717, 1.165) is 5.56 Å². The summed E-state index contributed by atoms with van der Waals surface area (Å²) in [5, 5.41) is 16.1. The number of rotatable bonds is 5. The van der Waals surface area contributed by atoms with Crippen LogP contribution in [0.3, 0.4) is 0 Å². The van der Waals surface area contributed by atoms with Gasteiger partial charge in [0.25, 0.3) is 5.89 Å². The molecule has 0 radical (unpaired) electrons. The molecule has 3 heterocycles. The van der Waals surface area contributed by atoms with Crippen molar-refractivity contribution in [3.05, 3.63) is 53.1 Å². The van der Waals surface area contributed by atoms with E-state index in [-0.39, 0.29) is 10.8 Å². The number of nitrogens with zero attached hydrogens (tertiary/aromatic N) is 4. The maximum absolute atomic E-state index is 11.4. The summed E-state index contributed by atoms with van der Waals surface area (Å²) in [5.41, 5.74) is 2.00. The minimum Gasteiger partial charge on any atom is -0.339 e. The predicted molar refractivity (Wildman–Crippen MR) is 104 cm³/mol. The van der Waals surface area contributed by atoms with Gasteiger partial charge in [-0.05, 0) is 42.6 Å². The number of benzene rings is 1. The van der Waals surface area contributed by atoms with E-state index in [1.165, 1.54) is 23.5 Å². The fourth-order valence-corrected chi connectivity index (χ4v) is 3.58.